The molecule has 1 N–H and O–H groups in total. The SMILES string of the molecule is Cc1ccc(C2C=CCN2)cn1. The van der Waals surface area contributed by atoms with Crippen molar-refractivity contribution in [1.82, 2.24) is 10.3 Å². The summed E-state index contributed by atoms with van der Waals surface area (Å²) in [5.41, 5.74) is 2.31. The first-order valence-electron chi connectivity index (χ1n) is 4.19. The van der Waals surface area contributed by atoms with Crippen LogP contribution in [-0.4, -0.2) is 11.5 Å². The van der Waals surface area contributed by atoms with Gasteiger partial charge in [-0.1, -0.05) is 18.2 Å². The normalized spacial score (nSPS) is 21.6. The van der Waals surface area contributed by atoms with Crippen molar-refractivity contribution in [2.24, 2.45) is 0 Å². The molecule has 1 aliphatic heterocycles. The minimum atomic E-state index is 0.373. The van der Waals surface area contributed by atoms with Crippen LogP contribution in [0.4, 0.5) is 0 Å². The minimum Gasteiger partial charge on any atom is -0.303 e. The number of pyridine rings is 1. The molecule has 2 nitrogen and oxygen atoms in total. The molecule has 0 bridgehead atoms. The molecule has 62 valence electrons. The molecule has 1 atom stereocenters. The molecule has 1 aromatic heterocycles. The molecule has 2 heteroatoms. The predicted octanol–water partition coefficient (Wildman–Crippen LogP) is 1.59. The van der Waals surface area contributed by atoms with Crippen LogP contribution in [0.3, 0.4) is 0 Å². The zero-order valence-electron chi connectivity index (χ0n) is 7.12. The molecule has 1 aliphatic rings. The van der Waals surface area contributed by atoms with Crippen LogP contribution >= 0.6 is 0 Å². The van der Waals surface area contributed by atoms with Crippen molar-refractivity contribution in [3.05, 3.63) is 41.7 Å². The summed E-state index contributed by atoms with van der Waals surface area (Å²) >= 11 is 0. The van der Waals surface area contributed by atoms with Crippen LogP contribution in [0.25, 0.3) is 0 Å². The number of aromatic nitrogens is 1. The molecule has 0 amide bonds. The molecule has 2 heterocycles. The zero-order valence-corrected chi connectivity index (χ0v) is 7.12. The van der Waals surface area contributed by atoms with Gasteiger partial charge in [-0.2, -0.15) is 0 Å². The Bertz CT molecular complexity index is 287. The van der Waals surface area contributed by atoms with E-state index >= 15 is 0 Å². The Balaban J connectivity index is 2.23. The van der Waals surface area contributed by atoms with E-state index in [1.54, 1.807) is 0 Å². The van der Waals surface area contributed by atoms with Crippen molar-refractivity contribution in [2.75, 3.05) is 6.54 Å². The molecule has 0 saturated heterocycles. The van der Waals surface area contributed by atoms with Crippen molar-refractivity contribution in [1.29, 1.82) is 0 Å². The zero-order chi connectivity index (χ0) is 8.39. The van der Waals surface area contributed by atoms with E-state index in [4.69, 9.17) is 0 Å². The summed E-state index contributed by atoms with van der Waals surface area (Å²) in [6.45, 7) is 2.97. The minimum absolute atomic E-state index is 0.373. The lowest BCUT2D eigenvalue weighted by Gasteiger charge is -2.08. The van der Waals surface area contributed by atoms with E-state index in [9.17, 15) is 0 Å². The molecule has 0 aromatic carbocycles. The van der Waals surface area contributed by atoms with Gasteiger partial charge in [0.1, 0.15) is 0 Å². The Morgan fingerprint density at radius 3 is 3.00 bits per heavy atom. The van der Waals surface area contributed by atoms with Crippen molar-refractivity contribution in [3.8, 4) is 0 Å². The maximum atomic E-state index is 4.25. The summed E-state index contributed by atoms with van der Waals surface area (Å²) in [6, 6.07) is 4.54. The Morgan fingerprint density at radius 1 is 1.50 bits per heavy atom. The lowest BCUT2D eigenvalue weighted by molar-refractivity contribution is 0.709. The van der Waals surface area contributed by atoms with Gasteiger partial charge in [-0.3, -0.25) is 4.98 Å². The topological polar surface area (TPSA) is 24.9 Å². The van der Waals surface area contributed by atoms with Gasteiger partial charge in [-0.25, -0.2) is 0 Å². The average molecular weight is 160 g/mol. The molecule has 0 saturated carbocycles. The fourth-order valence-corrected chi connectivity index (χ4v) is 1.36. The average Bonchev–Trinajstić information content (AvgIpc) is 2.58. The smallest absolute Gasteiger partial charge is 0.0524 e. The third-order valence-corrected chi connectivity index (χ3v) is 2.08. The number of rotatable bonds is 1. The van der Waals surface area contributed by atoms with Gasteiger partial charge in [0.05, 0.1) is 6.04 Å². The highest BCUT2D eigenvalue weighted by molar-refractivity contribution is 5.23. The first kappa shape index (κ1) is 7.50. The lowest BCUT2D eigenvalue weighted by Crippen LogP contribution is -2.13. The summed E-state index contributed by atoms with van der Waals surface area (Å²) in [4.78, 5) is 4.25. The fraction of sp³-hybridized carbons (Fsp3) is 0.300. The van der Waals surface area contributed by atoms with Crippen LogP contribution in [-0.2, 0) is 0 Å². The Kier molecular flexibility index (Phi) is 1.92. The Hall–Kier alpha value is -1.15. The number of nitrogens with one attached hydrogen (secondary N) is 1. The van der Waals surface area contributed by atoms with Crippen LogP contribution in [0, 0.1) is 6.92 Å². The molecule has 0 aliphatic carbocycles. The van der Waals surface area contributed by atoms with E-state index in [1.807, 2.05) is 19.2 Å². The molecular weight excluding hydrogens is 148 g/mol. The van der Waals surface area contributed by atoms with E-state index in [0.717, 1.165) is 12.2 Å². The number of aryl methyl sites for hydroxylation is 1. The van der Waals surface area contributed by atoms with Crippen LogP contribution in [0.15, 0.2) is 30.5 Å². The van der Waals surface area contributed by atoms with Crippen LogP contribution in [0.2, 0.25) is 0 Å². The Morgan fingerprint density at radius 2 is 2.42 bits per heavy atom. The van der Waals surface area contributed by atoms with Crippen LogP contribution < -0.4 is 5.32 Å². The maximum absolute atomic E-state index is 4.25. The molecule has 2 rings (SSSR count). The van der Waals surface area contributed by atoms with Crippen molar-refractivity contribution in [3.63, 3.8) is 0 Å². The second kappa shape index (κ2) is 3.07. The first-order valence-corrected chi connectivity index (χ1v) is 4.19. The fourth-order valence-electron chi connectivity index (χ4n) is 1.36. The molecule has 12 heavy (non-hydrogen) atoms. The van der Waals surface area contributed by atoms with Crippen LogP contribution in [0.5, 0.6) is 0 Å². The highest BCUT2D eigenvalue weighted by Gasteiger charge is 2.09. The van der Waals surface area contributed by atoms with Gasteiger partial charge >= 0.3 is 0 Å². The van der Waals surface area contributed by atoms with E-state index in [0.29, 0.717) is 6.04 Å². The largest absolute Gasteiger partial charge is 0.303 e. The van der Waals surface area contributed by atoms with E-state index < -0.39 is 0 Å². The Labute approximate surface area is 72.3 Å². The summed E-state index contributed by atoms with van der Waals surface area (Å²) in [5, 5.41) is 3.34. The first-order chi connectivity index (χ1) is 5.86. The van der Waals surface area contributed by atoms with Crippen molar-refractivity contribution >= 4 is 0 Å². The molecule has 0 fully saturated rings. The third kappa shape index (κ3) is 1.38. The monoisotopic (exact) mass is 160 g/mol. The number of hydrogen-bond donors (Lipinski definition) is 1. The van der Waals surface area contributed by atoms with Crippen molar-refractivity contribution < 1.29 is 0 Å². The maximum Gasteiger partial charge on any atom is 0.0524 e. The van der Waals surface area contributed by atoms with E-state index in [1.165, 1.54) is 5.56 Å². The van der Waals surface area contributed by atoms with E-state index in [2.05, 4.69) is 28.5 Å². The summed E-state index contributed by atoms with van der Waals surface area (Å²) in [5.74, 6) is 0. The van der Waals surface area contributed by atoms with E-state index in [-0.39, 0.29) is 0 Å². The molecule has 0 spiro atoms. The number of hydrogen-bond acceptors (Lipinski definition) is 2. The highest BCUT2D eigenvalue weighted by Crippen LogP contribution is 2.16. The van der Waals surface area contributed by atoms with Gasteiger partial charge in [0.2, 0.25) is 0 Å². The summed E-state index contributed by atoms with van der Waals surface area (Å²) in [6.07, 6.45) is 6.25. The molecule has 1 aromatic rings. The summed E-state index contributed by atoms with van der Waals surface area (Å²) < 4.78 is 0. The van der Waals surface area contributed by atoms with Gasteiger partial charge in [0.25, 0.3) is 0 Å². The van der Waals surface area contributed by atoms with Gasteiger partial charge in [0, 0.05) is 18.4 Å². The van der Waals surface area contributed by atoms with Crippen molar-refractivity contribution in [2.45, 2.75) is 13.0 Å². The predicted molar refractivity (Wildman–Crippen MR) is 48.9 cm³/mol. The second-order valence-electron chi connectivity index (χ2n) is 3.05. The molecule has 1 unspecified atom stereocenters. The second-order valence-corrected chi connectivity index (χ2v) is 3.05. The lowest BCUT2D eigenvalue weighted by atomic mass is 10.1. The number of nitrogens with zero attached hydrogens (tertiary/aromatic N) is 1. The van der Waals surface area contributed by atoms with Gasteiger partial charge in [0.15, 0.2) is 0 Å². The quantitative estimate of drug-likeness (QED) is 0.631. The standard InChI is InChI=1S/C10H12N2/c1-8-4-5-9(7-12-8)10-3-2-6-11-10/h2-5,7,10-11H,6H2,1H3. The molecular formula is C10H12N2. The van der Waals surface area contributed by atoms with Gasteiger partial charge < -0.3 is 5.32 Å². The summed E-state index contributed by atoms with van der Waals surface area (Å²) in [7, 11) is 0. The van der Waals surface area contributed by atoms with Crippen LogP contribution in [0.1, 0.15) is 17.3 Å². The molecule has 0 radical (unpaired) electrons. The van der Waals surface area contributed by atoms with Gasteiger partial charge in [-0.05, 0) is 18.6 Å². The highest BCUT2D eigenvalue weighted by atomic mass is 14.9. The third-order valence-electron chi connectivity index (χ3n) is 2.08. The van der Waals surface area contributed by atoms with Gasteiger partial charge in [-0.15, -0.1) is 0 Å².